The van der Waals surface area contributed by atoms with Crippen molar-refractivity contribution in [2.45, 2.75) is 39.7 Å². The minimum absolute atomic E-state index is 0.0846. The highest BCUT2D eigenvalue weighted by atomic mass is 16.5. The first-order valence-electron chi connectivity index (χ1n) is 6.14. The van der Waals surface area contributed by atoms with Gasteiger partial charge in [0.25, 0.3) is 5.91 Å². The minimum atomic E-state index is -0.356. The van der Waals surface area contributed by atoms with Crippen molar-refractivity contribution in [3.05, 3.63) is 11.8 Å². The Bertz CT molecular complexity index is 324. The largest absolute Gasteiger partial charge is 0.385 e. The summed E-state index contributed by atoms with van der Waals surface area (Å²) in [7, 11) is 0. The number of hydrogen-bond acceptors (Lipinski definition) is 4. The molecule has 18 heavy (non-hydrogen) atoms. The van der Waals surface area contributed by atoms with Gasteiger partial charge in [-0.1, -0.05) is 0 Å². The maximum atomic E-state index is 11.6. The van der Waals surface area contributed by atoms with Crippen LogP contribution in [0.4, 0.5) is 0 Å². The van der Waals surface area contributed by atoms with Crippen LogP contribution < -0.4 is 10.6 Å². The number of rotatable bonds is 7. The van der Waals surface area contributed by atoms with Gasteiger partial charge in [-0.3, -0.25) is 4.79 Å². The predicted molar refractivity (Wildman–Crippen MR) is 70.7 cm³/mol. The van der Waals surface area contributed by atoms with E-state index in [0.717, 1.165) is 6.42 Å². The molecule has 0 atom stereocenters. The van der Waals surface area contributed by atoms with Gasteiger partial charge in [0.2, 0.25) is 0 Å². The fourth-order valence-corrected chi connectivity index (χ4v) is 1.05. The lowest BCUT2D eigenvalue weighted by molar-refractivity contribution is -0.117. The fourth-order valence-electron chi connectivity index (χ4n) is 1.05. The normalized spacial score (nSPS) is 11.8. The first-order valence-corrected chi connectivity index (χ1v) is 6.14. The topological polar surface area (TPSA) is 74.1 Å². The Kier molecular flexibility index (Phi) is 7.81. The highest BCUT2D eigenvalue weighted by Crippen LogP contribution is 2.00. The second-order valence-corrected chi connectivity index (χ2v) is 4.87. The smallest absolute Gasteiger partial charge is 0.263 e. The summed E-state index contributed by atoms with van der Waals surface area (Å²) < 4.78 is 5.15. The summed E-state index contributed by atoms with van der Waals surface area (Å²) in [5.41, 5.74) is -0.0847. The molecule has 0 aromatic rings. The monoisotopic (exact) mass is 253 g/mol. The van der Waals surface area contributed by atoms with Gasteiger partial charge in [-0.15, -0.1) is 0 Å². The molecule has 0 aromatic heterocycles. The quantitative estimate of drug-likeness (QED) is 0.408. The molecular weight excluding hydrogens is 230 g/mol. The molecule has 0 bridgehead atoms. The molecule has 2 N–H and O–H groups in total. The predicted octanol–water partition coefficient (Wildman–Crippen LogP) is 1.32. The first-order chi connectivity index (χ1) is 8.40. The zero-order valence-electron chi connectivity index (χ0n) is 11.7. The van der Waals surface area contributed by atoms with Crippen molar-refractivity contribution in [1.29, 1.82) is 5.26 Å². The third-order valence-corrected chi connectivity index (χ3v) is 1.97. The van der Waals surface area contributed by atoms with Crippen LogP contribution in [0.5, 0.6) is 0 Å². The second kappa shape index (κ2) is 8.54. The summed E-state index contributed by atoms with van der Waals surface area (Å²) in [6, 6.07) is 1.88. The van der Waals surface area contributed by atoms with Gasteiger partial charge in [0, 0.05) is 31.5 Å². The molecular formula is C13H23N3O2. The molecule has 0 saturated carbocycles. The zero-order chi connectivity index (χ0) is 14.0. The Morgan fingerprint density at radius 1 is 1.44 bits per heavy atom. The van der Waals surface area contributed by atoms with Crippen LogP contribution >= 0.6 is 0 Å². The number of hydrogen-bond donors (Lipinski definition) is 2. The maximum absolute atomic E-state index is 11.6. The number of amides is 1. The number of nitriles is 1. The molecule has 0 heterocycles. The van der Waals surface area contributed by atoms with E-state index in [1.807, 2.05) is 33.8 Å². The molecule has 0 saturated heterocycles. The van der Waals surface area contributed by atoms with E-state index in [9.17, 15) is 4.79 Å². The average molecular weight is 253 g/mol. The van der Waals surface area contributed by atoms with E-state index in [0.29, 0.717) is 19.8 Å². The van der Waals surface area contributed by atoms with E-state index in [1.165, 1.54) is 6.20 Å². The third kappa shape index (κ3) is 8.59. The van der Waals surface area contributed by atoms with Crippen LogP contribution in [0.25, 0.3) is 0 Å². The van der Waals surface area contributed by atoms with Crippen LogP contribution in [-0.2, 0) is 9.53 Å². The summed E-state index contributed by atoms with van der Waals surface area (Å²) >= 11 is 0. The molecule has 0 aliphatic carbocycles. The van der Waals surface area contributed by atoms with Crippen LogP contribution in [0, 0.1) is 11.3 Å². The van der Waals surface area contributed by atoms with Gasteiger partial charge in [0.1, 0.15) is 11.6 Å². The molecule has 0 radical (unpaired) electrons. The third-order valence-electron chi connectivity index (χ3n) is 1.97. The van der Waals surface area contributed by atoms with E-state index in [-0.39, 0.29) is 17.0 Å². The zero-order valence-corrected chi connectivity index (χ0v) is 11.7. The lowest BCUT2D eigenvalue weighted by atomic mass is 10.1. The first kappa shape index (κ1) is 16.5. The number of nitrogens with zero attached hydrogens (tertiary/aromatic N) is 1. The second-order valence-electron chi connectivity index (χ2n) is 4.87. The van der Waals surface area contributed by atoms with Gasteiger partial charge in [-0.05, 0) is 34.1 Å². The summed E-state index contributed by atoms with van der Waals surface area (Å²) in [5.74, 6) is -0.356. The summed E-state index contributed by atoms with van der Waals surface area (Å²) in [4.78, 5) is 11.6. The van der Waals surface area contributed by atoms with Gasteiger partial charge in [-0.25, -0.2) is 0 Å². The van der Waals surface area contributed by atoms with Crippen molar-refractivity contribution in [3.8, 4) is 6.07 Å². The Hall–Kier alpha value is -1.54. The van der Waals surface area contributed by atoms with Crippen LogP contribution in [0.1, 0.15) is 34.1 Å². The number of ether oxygens (including phenoxy) is 1. The highest BCUT2D eigenvalue weighted by Gasteiger charge is 2.11. The molecule has 102 valence electrons. The van der Waals surface area contributed by atoms with Crippen molar-refractivity contribution in [2.75, 3.05) is 19.8 Å². The summed E-state index contributed by atoms with van der Waals surface area (Å²) in [5, 5.41) is 14.6. The molecule has 0 aromatic carbocycles. The molecule has 0 fully saturated rings. The SMILES string of the molecule is CCOCCCNC(=O)/C(C#N)=C\NC(C)(C)C. The molecule has 0 spiro atoms. The van der Waals surface area contributed by atoms with Crippen molar-refractivity contribution in [2.24, 2.45) is 0 Å². The summed E-state index contributed by atoms with van der Waals surface area (Å²) in [6.07, 6.45) is 2.20. The van der Waals surface area contributed by atoms with E-state index < -0.39 is 0 Å². The van der Waals surface area contributed by atoms with Gasteiger partial charge in [0.15, 0.2) is 0 Å². The Balaban J connectivity index is 4.09. The van der Waals surface area contributed by atoms with E-state index in [1.54, 1.807) is 0 Å². The Morgan fingerprint density at radius 2 is 2.11 bits per heavy atom. The number of nitrogens with one attached hydrogen (secondary N) is 2. The van der Waals surface area contributed by atoms with Crippen LogP contribution in [0.15, 0.2) is 11.8 Å². The maximum Gasteiger partial charge on any atom is 0.263 e. The van der Waals surface area contributed by atoms with Crippen LogP contribution in [0.2, 0.25) is 0 Å². The van der Waals surface area contributed by atoms with Crippen molar-refractivity contribution in [1.82, 2.24) is 10.6 Å². The molecule has 1 amide bonds. The molecule has 0 unspecified atom stereocenters. The van der Waals surface area contributed by atoms with E-state index in [4.69, 9.17) is 10.00 Å². The molecule has 0 aliphatic rings. The molecule has 5 heteroatoms. The number of carbonyl (C=O) groups excluding carboxylic acids is 1. The Labute approximate surface area is 109 Å². The molecule has 0 rings (SSSR count). The van der Waals surface area contributed by atoms with Crippen molar-refractivity contribution < 1.29 is 9.53 Å². The summed E-state index contributed by atoms with van der Waals surface area (Å²) in [6.45, 7) is 9.59. The van der Waals surface area contributed by atoms with Crippen molar-refractivity contribution >= 4 is 5.91 Å². The minimum Gasteiger partial charge on any atom is -0.385 e. The van der Waals surface area contributed by atoms with E-state index in [2.05, 4.69) is 10.6 Å². The fraction of sp³-hybridized carbons (Fsp3) is 0.692. The van der Waals surface area contributed by atoms with Gasteiger partial charge < -0.3 is 15.4 Å². The molecule has 0 aliphatic heterocycles. The lowest BCUT2D eigenvalue weighted by Crippen LogP contribution is -2.33. The number of carbonyl (C=O) groups is 1. The van der Waals surface area contributed by atoms with Crippen molar-refractivity contribution in [3.63, 3.8) is 0 Å². The van der Waals surface area contributed by atoms with Crippen LogP contribution in [0.3, 0.4) is 0 Å². The standard InChI is InChI=1S/C13H23N3O2/c1-5-18-8-6-7-15-12(17)11(9-14)10-16-13(2,3)4/h10,16H,5-8H2,1-4H3,(H,15,17)/b11-10-. The average Bonchev–Trinajstić information content (AvgIpc) is 2.28. The van der Waals surface area contributed by atoms with E-state index >= 15 is 0 Å². The van der Waals surface area contributed by atoms with Gasteiger partial charge >= 0.3 is 0 Å². The van der Waals surface area contributed by atoms with Crippen LogP contribution in [-0.4, -0.2) is 31.2 Å². The van der Waals surface area contributed by atoms with Gasteiger partial charge in [-0.2, -0.15) is 5.26 Å². The van der Waals surface area contributed by atoms with Gasteiger partial charge in [0.05, 0.1) is 0 Å². The Morgan fingerprint density at radius 3 is 2.61 bits per heavy atom. The lowest BCUT2D eigenvalue weighted by Gasteiger charge is -2.18. The molecule has 5 nitrogen and oxygen atoms in total. The highest BCUT2D eigenvalue weighted by molar-refractivity contribution is 5.97.